The van der Waals surface area contributed by atoms with Gasteiger partial charge in [0.25, 0.3) is 11.5 Å². The monoisotopic (exact) mass is 518 g/mol. The lowest BCUT2D eigenvalue weighted by Crippen LogP contribution is -2.21. The highest BCUT2D eigenvalue weighted by Gasteiger charge is 2.14. The second-order valence-electron chi connectivity index (χ2n) is 7.69. The predicted molar refractivity (Wildman–Crippen MR) is 136 cm³/mol. The number of H-pyrrole nitrogens is 1. The third-order valence-electron chi connectivity index (χ3n) is 5.22. The van der Waals surface area contributed by atoms with Gasteiger partial charge in [0.15, 0.2) is 0 Å². The summed E-state index contributed by atoms with van der Waals surface area (Å²) in [5, 5.41) is 11.2. The average molecular weight is 519 g/mol. The number of hydrogen-bond acceptors (Lipinski definition) is 7. The Morgan fingerprint density at radius 1 is 1.17 bits per heavy atom. The maximum Gasteiger partial charge on any atom is 0.261 e. The van der Waals surface area contributed by atoms with Crippen LogP contribution in [0.3, 0.4) is 0 Å². The SMILES string of the molecule is O=C(NCc1cn(-c2ccc(-c3ccc[nH]c3=O)cc2OCc2cccnc2)nn1)c1ccc(Cl)s1. The first kappa shape index (κ1) is 23.5. The van der Waals surface area contributed by atoms with E-state index in [4.69, 9.17) is 16.3 Å². The molecule has 0 aliphatic heterocycles. The standard InChI is InChI=1S/C25H19ClN6O3S/c26-23-8-7-22(36-23)25(34)29-13-18-14-32(31-30-18)20-6-5-17(19-4-2-10-28-24(19)33)11-21(20)35-15-16-3-1-9-27-12-16/h1-12,14H,13,15H2,(H,28,33)(H,29,34). The molecule has 5 aromatic rings. The molecule has 0 spiro atoms. The van der Waals surface area contributed by atoms with Crippen LogP contribution >= 0.6 is 22.9 Å². The van der Waals surface area contributed by atoms with Crippen molar-refractivity contribution in [2.45, 2.75) is 13.2 Å². The van der Waals surface area contributed by atoms with Gasteiger partial charge in [-0.15, -0.1) is 16.4 Å². The van der Waals surface area contributed by atoms with Gasteiger partial charge in [0.2, 0.25) is 0 Å². The van der Waals surface area contributed by atoms with Crippen LogP contribution in [0.2, 0.25) is 4.34 Å². The van der Waals surface area contributed by atoms with Gasteiger partial charge >= 0.3 is 0 Å². The molecule has 9 nitrogen and oxygen atoms in total. The van der Waals surface area contributed by atoms with Crippen LogP contribution in [0.5, 0.6) is 5.75 Å². The molecule has 5 rings (SSSR count). The van der Waals surface area contributed by atoms with Crippen LogP contribution in [0, 0.1) is 0 Å². The van der Waals surface area contributed by atoms with Crippen molar-refractivity contribution in [3.05, 3.63) is 110 Å². The molecule has 4 heterocycles. The minimum Gasteiger partial charge on any atom is -0.487 e. The third kappa shape index (κ3) is 5.35. The number of carbonyl (C=O) groups excluding carboxylic acids is 1. The molecule has 0 saturated carbocycles. The van der Waals surface area contributed by atoms with Crippen molar-refractivity contribution in [1.29, 1.82) is 0 Å². The highest BCUT2D eigenvalue weighted by molar-refractivity contribution is 7.17. The number of aromatic nitrogens is 5. The van der Waals surface area contributed by atoms with Crippen molar-refractivity contribution in [3.8, 4) is 22.6 Å². The zero-order chi connectivity index (χ0) is 24.9. The number of rotatable bonds is 8. The number of nitrogens with zero attached hydrogens (tertiary/aromatic N) is 4. The molecule has 1 aromatic carbocycles. The highest BCUT2D eigenvalue weighted by atomic mass is 35.5. The van der Waals surface area contributed by atoms with E-state index in [-0.39, 0.29) is 24.6 Å². The largest absolute Gasteiger partial charge is 0.487 e. The van der Waals surface area contributed by atoms with Gasteiger partial charge in [-0.2, -0.15) is 0 Å². The van der Waals surface area contributed by atoms with E-state index in [9.17, 15) is 9.59 Å². The molecule has 0 saturated heterocycles. The number of thiophene rings is 1. The van der Waals surface area contributed by atoms with Crippen molar-refractivity contribution in [3.63, 3.8) is 0 Å². The number of halogens is 1. The number of amides is 1. The maximum absolute atomic E-state index is 12.3. The number of nitrogens with one attached hydrogen (secondary N) is 2. The van der Waals surface area contributed by atoms with Gasteiger partial charge in [-0.25, -0.2) is 4.68 Å². The zero-order valence-corrected chi connectivity index (χ0v) is 20.3. The van der Waals surface area contributed by atoms with E-state index in [1.165, 1.54) is 11.3 Å². The van der Waals surface area contributed by atoms with Gasteiger partial charge in [0.1, 0.15) is 23.7 Å². The second-order valence-corrected chi connectivity index (χ2v) is 9.40. The van der Waals surface area contributed by atoms with Gasteiger partial charge in [-0.1, -0.05) is 28.9 Å². The fourth-order valence-electron chi connectivity index (χ4n) is 3.47. The van der Waals surface area contributed by atoms with Crippen LogP contribution in [0.15, 0.2) is 84.2 Å². The smallest absolute Gasteiger partial charge is 0.261 e. The lowest BCUT2D eigenvalue weighted by molar-refractivity contribution is 0.0954. The molecule has 180 valence electrons. The summed E-state index contributed by atoms with van der Waals surface area (Å²) in [5.74, 6) is 0.271. The fraction of sp³-hybridized carbons (Fsp3) is 0.0800. The molecular weight excluding hydrogens is 500 g/mol. The second kappa shape index (κ2) is 10.5. The first-order valence-corrected chi connectivity index (χ1v) is 12.1. The summed E-state index contributed by atoms with van der Waals surface area (Å²) in [5.41, 5.74) is 3.10. The van der Waals surface area contributed by atoms with E-state index in [2.05, 4.69) is 25.6 Å². The van der Waals surface area contributed by atoms with Crippen LogP contribution in [0.25, 0.3) is 16.8 Å². The lowest BCUT2D eigenvalue weighted by atomic mass is 10.1. The molecule has 36 heavy (non-hydrogen) atoms. The van der Waals surface area contributed by atoms with E-state index in [0.717, 1.165) is 5.56 Å². The number of benzene rings is 1. The minimum atomic E-state index is -0.237. The van der Waals surface area contributed by atoms with E-state index in [1.54, 1.807) is 59.8 Å². The van der Waals surface area contributed by atoms with E-state index >= 15 is 0 Å². The number of pyridine rings is 2. The number of hydrogen-bond donors (Lipinski definition) is 2. The molecule has 0 aliphatic rings. The summed E-state index contributed by atoms with van der Waals surface area (Å²) < 4.78 is 8.24. The molecule has 4 aromatic heterocycles. The quantitative estimate of drug-likeness (QED) is 0.317. The van der Waals surface area contributed by atoms with Gasteiger partial charge in [-0.05, 0) is 48.0 Å². The van der Waals surface area contributed by atoms with Crippen LogP contribution in [-0.2, 0) is 13.2 Å². The van der Waals surface area contributed by atoms with Crippen molar-refractivity contribution in [2.75, 3.05) is 0 Å². The predicted octanol–water partition coefficient (Wildman–Crippen LogP) is 4.24. The number of aromatic amines is 1. The van der Waals surface area contributed by atoms with Crippen molar-refractivity contribution < 1.29 is 9.53 Å². The summed E-state index contributed by atoms with van der Waals surface area (Å²) in [6.07, 6.45) is 6.72. The van der Waals surface area contributed by atoms with Crippen molar-refractivity contribution in [1.82, 2.24) is 30.3 Å². The van der Waals surface area contributed by atoms with E-state index in [0.29, 0.717) is 37.5 Å². The fourth-order valence-corrected chi connectivity index (χ4v) is 4.43. The Morgan fingerprint density at radius 3 is 2.86 bits per heavy atom. The van der Waals surface area contributed by atoms with Crippen molar-refractivity contribution >= 4 is 28.8 Å². The Kier molecular flexibility index (Phi) is 6.87. The summed E-state index contributed by atoms with van der Waals surface area (Å²) in [7, 11) is 0. The summed E-state index contributed by atoms with van der Waals surface area (Å²) >= 11 is 7.12. The summed E-state index contributed by atoms with van der Waals surface area (Å²) in [6, 6.07) is 16.0. The minimum absolute atomic E-state index is 0.192. The van der Waals surface area contributed by atoms with Gasteiger partial charge in [0.05, 0.1) is 22.0 Å². The molecule has 1 amide bonds. The maximum atomic E-state index is 12.3. The number of ether oxygens (including phenoxy) is 1. The Bertz CT molecular complexity index is 1560. The van der Waals surface area contributed by atoms with Crippen molar-refractivity contribution in [2.24, 2.45) is 0 Å². The van der Waals surface area contributed by atoms with Crippen LogP contribution in [0.4, 0.5) is 0 Å². The molecule has 0 unspecified atom stereocenters. The molecule has 0 fully saturated rings. The molecular formula is C25H19ClN6O3S. The van der Waals surface area contributed by atoms with Gasteiger partial charge in [0, 0.05) is 29.7 Å². The first-order valence-electron chi connectivity index (χ1n) is 10.9. The molecule has 0 radical (unpaired) electrons. The lowest BCUT2D eigenvalue weighted by Gasteiger charge is -2.13. The normalized spacial score (nSPS) is 10.8. The average Bonchev–Trinajstić information content (AvgIpc) is 3.56. The van der Waals surface area contributed by atoms with E-state index in [1.807, 2.05) is 24.3 Å². The van der Waals surface area contributed by atoms with E-state index < -0.39 is 0 Å². The molecule has 11 heteroatoms. The Hall–Kier alpha value is -4.28. The summed E-state index contributed by atoms with van der Waals surface area (Å²) in [4.78, 5) is 32.0. The van der Waals surface area contributed by atoms with Gasteiger partial charge in [-0.3, -0.25) is 14.6 Å². The summed E-state index contributed by atoms with van der Waals surface area (Å²) in [6.45, 7) is 0.466. The molecule has 2 N–H and O–H groups in total. The highest BCUT2D eigenvalue weighted by Crippen LogP contribution is 2.29. The first-order chi connectivity index (χ1) is 17.6. The molecule has 0 atom stereocenters. The van der Waals surface area contributed by atoms with Crippen LogP contribution < -0.4 is 15.6 Å². The topological polar surface area (TPSA) is 115 Å². The van der Waals surface area contributed by atoms with Crippen LogP contribution in [0.1, 0.15) is 20.9 Å². The number of carbonyl (C=O) groups is 1. The zero-order valence-electron chi connectivity index (χ0n) is 18.7. The Morgan fingerprint density at radius 2 is 2.08 bits per heavy atom. The van der Waals surface area contributed by atoms with Crippen LogP contribution in [-0.4, -0.2) is 30.9 Å². The molecule has 0 bridgehead atoms. The molecule has 0 aliphatic carbocycles. The Labute approximate surface area is 214 Å². The third-order valence-corrected chi connectivity index (χ3v) is 6.45. The Balaban J connectivity index is 1.40. The van der Waals surface area contributed by atoms with Gasteiger partial charge < -0.3 is 15.0 Å².